The number of nitrogens with two attached hydrogens (primary N) is 1. The van der Waals surface area contributed by atoms with Crippen LogP contribution < -0.4 is 10.5 Å². The molecule has 2 heterocycles. The minimum absolute atomic E-state index is 0.0684. The Balaban J connectivity index is 1.67. The van der Waals surface area contributed by atoms with Gasteiger partial charge in [0.05, 0.1) is 5.56 Å². The molecule has 0 aliphatic carbocycles. The molecule has 29 heavy (non-hydrogen) atoms. The van der Waals surface area contributed by atoms with Crippen LogP contribution in [0.2, 0.25) is 0 Å². The summed E-state index contributed by atoms with van der Waals surface area (Å²) in [5, 5.41) is 10.3. The molecule has 1 fully saturated rings. The molecule has 5 nitrogen and oxygen atoms in total. The van der Waals surface area contributed by atoms with Crippen LogP contribution in [0.1, 0.15) is 25.3 Å². The number of pyridine rings is 1. The first kappa shape index (κ1) is 21.5. The molecule has 158 valence electrons. The highest BCUT2D eigenvalue weighted by atomic mass is 19.4. The molecular weight excluding hydrogens is 383 g/mol. The number of nitrogens with zero attached hydrogens (tertiary/aromatic N) is 2. The van der Waals surface area contributed by atoms with Crippen LogP contribution in [0.25, 0.3) is 11.1 Å². The number of hydrogen-bond donors (Lipinski definition) is 2. The maximum Gasteiger partial charge on any atom is 0.416 e. The molecule has 1 unspecified atom stereocenters. The second-order valence-corrected chi connectivity index (χ2v) is 7.90. The minimum atomic E-state index is -4.50. The Kier molecular flexibility index (Phi) is 6.45. The molecule has 0 radical (unpaired) electrons. The molecule has 8 heteroatoms. The zero-order chi connectivity index (χ0) is 21.1. The number of hydrogen-bond acceptors (Lipinski definition) is 5. The van der Waals surface area contributed by atoms with E-state index in [4.69, 9.17) is 10.5 Å². The van der Waals surface area contributed by atoms with Gasteiger partial charge in [-0.25, -0.2) is 0 Å². The summed E-state index contributed by atoms with van der Waals surface area (Å²) in [6.07, 6.45) is -0.596. The van der Waals surface area contributed by atoms with Gasteiger partial charge in [-0.1, -0.05) is 0 Å². The van der Waals surface area contributed by atoms with Crippen LogP contribution in [0.3, 0.4) is 0 Å². The zero-order valence-electron chi connectivity index (χ0n) is 16.3. The van der Waals surface area contributed by atoms with Crippen LogP contribution in [0.5, 0.6) is 5.75 Å². The highest BCUT2D eigenvalue weighted by molar-refractivity contribution is 5.66. The summed E-state index contributed by atoms with van der Waals surface area (Å²) in [7, 11) is 0. The average Bonchev–Trinajstić information content (AvgIpc) is 2.68. The highest BCUT2D eigenvalue weighted by Gasteiger charge is 2.32. The lowest BCUT2D eigenvalue weighted by Crippen LogP contribution is -2.50. The van der Waals surface area contributed by atoms with Gasteiger partial charge in [-0.05, 0) is 74.3 Å². The molecule has 1 aromatic carbocycles. The van der Waals surface area contributed by atoms with Crippen molar-refractivity contribution in [2.75, 3.05) is 26.2 Å². The molecular formula is C21H26F3N3O2. The number of aromatic nitrogens is 1. The van der Waals surface area contributed by atoms with Crippen molar-refractivity contribution in [2.45, 2.75) is 37.6 Å². The van der Waals surface area contributed by atoms with E-state index in [9.17, 15) is 18.3 Å². The molecule has 1 atom stereocenters. The van der Waals surface area contributed by atoms with Crippen molar-refractivity contribution >= 4 is 0 Å². The number of alkyl halides is 3. The Morgan fingerprint density at radius 3 is 2.45 bits per heavy atom. The van der Waals surface area contributed by atoms with E-state index in [0.717, 1.165) is 38.1 Å². The number of β-amino-alcohol motifs (C(OH)–C–C–N with tert-alkyl or cyclic N) is 1. The summed E-state index contributed by atoms with van der Waals surface area (Å²) in [6, 6.07) is 6.84. The Hall–Kier alpha value is -2.16. The van der Waals surface area contributed by atoms with Gasteiger partial charge < -0.3 is 20.5 Å². The van der Waals surface area contributed by atoms with E-state index in [-0.39, 0.29) is 17.9 Å². The molecule has 3 N–H and O–H groups in total. The monoisotopic (exact) mass is 409 g/mol. The summed E-state index contributed by atoms with van der Waals surface area (Å²) < 4.78 is 45.4. The largest absolute Gasteiger partial charge is 0.491 e. The summed E-state index contributed by atoms with van der Waals surface area (Å²) in [5.41, 5.74) is 6.12. The smallest absolute Gasteiger partial charge is 0.416 e. The fraction of sp³-hybridized carbons (Fsp3) is 0.476. The molecule has 1 aromatic heterocycles. The molecule has 3 rings (SSSR count). The van der Waals surface area contributed by atoms with E-state index < -0.39 is 17.8 Å². The molecule has 0 saturated carbocycles. The Morgan fingerprint density at radius 1 is 1.17 bits per heavy atom. The summed E-state index contributed by atoms with van der Waals surface area (Å²) in [5.74, 6) is 0.0684. The minimum Gasteiger partial charge on any atom is -0.491 e. The first-order valence-corrected chi connectivity index (χ1v) is 9.57. The van der Waals surface area contributed by atoms with Crippen LogP contribution in [-0.4, -0.2) is 52.9 Å². The number of aliphatic hydroxyl groups excluding tert-OH is 1. The van der Waals surface area contributed by atoms with Gasteiger partial charge in [0.2, 0.25) is 0 Å². The van der Waals surface area contributed by atoms with E-state index in [2.05, 4.69) is 9.88 Å². The van der Waals surface area contributed by atoms with Gasteiger partial charge >= 0.3 is 6.18 Å². The number of likely N-dealkylation sites (tertiary alicyclic amines) is 1. The van der Waals surface area contributed by atoms with Gasteiger partial charge in [0.1, 0.15) is 18.5 Å². The van der Waals surface area contributed by atoms with E-state index in [1.165, 1.54) is 18.5 Å². The van der Waals surface area contributed by atoms with Crippen molar-refractivity contribution < 1.29 is 23.0 Å². The number of rotatable bonds is 6. The normalized spacial score (nSPS) is 18.4. The van der Waals surface area contributed by atoms with Gasteiger partial charge in [0.15, 0.2) is 0 Å². The number of piperidine rings is 1. The first-order valence-electron chi connectivity index (χ1n) is 9.57. The maximum atomic E-state index is 13.3. The quantitative estimate of drug-likeness (QED) is 0.766. The highest BCUT2D eigenvalue weighted by Crippen LogP contribution is 2.35. The van der Waals surface area contributed by atoms with E-state index in [1.54, 1.807) is 12.1 Å². The number of aliphatic hydroxyl groups is 1. The van der Waals surface area contributed by atoms with Gasteiger partial charge in [0.25, 0.3) is 0 Å². The van der Waals surface area contributed by atoms with Crippen LogP contribution in [0.15, 0.2) is 42.7 Å². The van der Waals surface area contributed by atoms with Gasteiger partial charge in [-0.2, -0.15) is 13.2 Å². The fourth-order valence-corrected chi connectivity index (χ4v) is 3.35. The zero-order valence-corrected chi connectivity index (χ0v) is 16.3. The van der Waals surface area contributed by atoms with Gasteiger partial charge in [-0.3, -0.25) is 4.98 Å². The molecule has 1 aliphatic heterocycles. The third kappa shape index (κ3) is 6.16. The van der Waals surface area contributed by atoms with E-state index >= 15 is 0 Å². The average molecular weight is 409 g/mol. The lowest BCUT2D eigenvalue weighted by atomic mass is 9.91. The predicted octanol–water partition coefficient (Wildman–Crippen LogP) is 3.32. The topological polar surface area (TPSA) is 71.6 Å². The second kappa shape index (κ2) is 8.69. The summed E-state index contributed by atoms with van der Waals surface area (Å²) >= 11 is 0. The van der Waals surface area contributed by atoms with Crippen LogP contribution in [0, 0.1) is 0 Å². The van der Waals surface area contributed by atoms with Gasteiger partial charge in [0, 0.05) is 24.5 Å². The SMILES string of the molecule is CC1(N)CCN(CC(O)COc2cc(-c3ccncc3)cc(C(F)(F)F)c2)CC1. The molecule has 0 bridgehead atoms. The standard InChI is InChI=1S/C21H26F3N3O2/c1-20(25)4-8-27(9-5-20)13-18(28)14-29-19-11-16(15-2-6-26-7-3-15)10-17(12-19)21(22,23)24/h2-3,6-7,10-12,18,28H,4-5,8-9,13-14,25H2,1H3. The van der Waals surface area contributed by atoms with Crippen molar-refractivity contribution in [3.05, 3.63) is 48.3 Å². The molecule has 2 aromatic rings. The number of ether oxygens (including phenoxy) is 1. The van der Waals surface area contributed by atoms with Crippen LogP contribution in [-0.2, 0) is 6.18 Å². The van der Waals surface area contributed by atoms with E-state index in [0.29, 0.717) is 17.7 Å². The van der Waals surface area contributed by atoms with Crippen LogP contribution >= 0.6 is 0 Å². The van der Waals surface area contributed by atoms with Crippen molar-refractivity contribution in [1.29, 1.82) is 0 Å². The van der Waals surface area contributed by atoms with Gasteiger partial charge in [-0.15, -0.1) is 0 Å². The van der Waals surface area contributed by atoms with Crippen molar-refractivity contribution in [1.82, 2.24) is 9.88 Å². The Labute approximate surface area is 168 Å². The predicted molar refractivity (Wildman–Crippen MR) is 104 cm³/mol. The summed E-state index contributed by atoms with van der Waals surface area (Å²) in [6.45, 7) is 3.87. The Bertz CT molecular complexity index is 803. The van der Waals surface area contributed by atoms with Crippen molar-refractivity contribution in [3.63, 3.8) is 0 Å². The maximum absolute atomic E-state index is 13.3. The van der Waals surface area contributed by atoms with Crippen molar-refractivity contribution in [2.24, 2.45) is 5.73 Å². The first-order chi connectivity index (χ1) is 13.6. The molecule has 0 spiro atoms. The second-order valence-electron chi connectivity index (χ2n) is 7.90. The molecule has 1 aliphatic rings. The Morgan fingerprint density at radius 2 is 1.83 bits per heavy atom. The third-order valence-electron chi connectivity index (χ3n) is 5.16. The number of halogens is 3. The van der Waals surface area contributed by atoms with Crippen molar-refractivity contribution in [3.8, 4) is 16.9 Å². The molecule has 0 amide bonds. The molecule has 1 saturated heterocycles. The lowest BCUT2D eigenvalue weighted by Gasteiger charge is -2.37. The lowest BCUT2D eigenvalue weighted by molar-refractivity contribution is -0.137. The third-order valence-corrected chi connectivity index (χ3v) is 5.16. The van der Waals surface area contributed by atoms with E-state index in [1.807, 2.05) is 6.92 Å². The van der Waals surface area contributed by atoms with Crippen LogP contribution in [0.4, 0.5) is 13.2 Å². The summed E-state index contributed by atoms with van der Waals surface area (Å²) in [4.78, 5) is 5.98. The number of benzene rings is 1. The fourth-order valence-electron chi connectivity index (χ4n) is 3.35.